The Morgan fingerprint density at radius 3 is 2.30 bits per heavy atom. The largest absolute Gasteiger partial charge is 0.366 e. The van der Waals surface area contributed by atoms with E-state index < -0.39 is 17.6 Å². The van der Waals surface area contributed by atoms with Crippen LogP contribution in [0.25, 0.3) is 5.83 Å². The molecule has 136 valence electrons. The third kappa shape index (κ3) is 4.89. The summed E-state index contributed by atoms with van der Waals surface area (Å²) in [4.78, 5) is 24.7. The van der Waals surface area contributed by atoms with E-state index in [0.29, 0.717) is 17.0 Å². The molecule has 4 nitrogen and oxygen atoms in total. The van der Waals surface area contributed by atoms with Crippen LogP contribution >= 0.6 is 11.3 Å². The number of nitrogens with one attached hydrogen (secondary N) is 1. The van der Waals surface area contributed by atoms with Crippen LogP contribution in [-0.2, 0) is 11.2 Å². The van der Waals surface area contributed by atoms with Crippen molar-refractivity contribution in [2.75, 3.05) is 5.32 Å². The van der Waals surface area contributed by atoms with E-state index in [2.05, 4.69) is 5.32 Å². The van der Waals surface area contributed by atoms with Gasteiger partial charge in [-0.1, -0.05) is 60.7 Å². The zero-order valence-corrected chi connectivity index (χ0v) is 15.1. The lowest BCUT2D eigenvalue weighted by molar-refractivity contribution is -0.111. The lowest BCUT2D eigenvalue weighted by atomic mass is 10.1. The van der Waals surface area contributed by atoms with Crippen molar-refractivity contribution >= 4 is 34.0 Å². The average Bonchev–Trinajstić information content (AvgIpc) is 3.05. The van der Waals surface area contributed by atoms with Crippen LogP contribution in [0.5, 0.6) is 0 Å². The molecular weight excluding hydrogens is 363 g/mol. The zero-order valence-electron chi connectivity index (χ0n) is 14.3. The van der Waals surface area contributed by atoms with Crippen molar-refractivity contribution in [2.45, 2.75) is 6.42 Å². The maximum absolute atomic E-state index is 14.2. The molecule has 27 heavy (non-hydrogen) atoms. The number of thiophene rings is 1. The van der Waals surface area contributed by atoms with E-state index in [0.717, 1.165) is 16.5 Å². The summed E-state index contributed by atoms with van der Waals surface area (Å²) in [6, 6.07) is 19.6. The molecule has 0 unspecified atom stereocenters. The number of carbonyl (C=O) groups is 2. The van der Waals surface area contributed by atoms with Crippen LogP contribution in [-0.4, -0.2) is 11.8 Å². The smallest absolute Gasteiger partial charge is 0.251 e. The summed E-state index contributed by atoms with van der Waals surface area (Å²) in [6.45, 7) is 0. The quantitative estimate of drug-likeness (QED) is 0.623. The molecule has 3 aromatic rings. The van der Waals surface area contributed by atoms with Gasteiger partial charge in [-0.2, -0.15) is 0 Å². The molecule has 0 aliphatic carbocycles. The average molecular weight is 380 g/mol. The Morgan fingerprint density at radius 1 is 1.04 bits per heavy atom. The van der Waals surface area contributed by atoms with E-state index in [1.807, 2.05) is 30.3 Å². The predicted octanol–water partition coefficient (Wildman–Crippen LogP) is 4.39. The number of carbonyl (C=O) groups excluding carboxylic acids is 2. The maximum Gasteiger partial charge on any atom is 0.251 e. The molecule has 0 aliphatic heterocycles. The van der Waals surface area contributed by atoms with Crippen LogP contribution in [0.15, 0.2) is 72.8 Å². The fraction of sp³-hybridized carbons (Fsp3) is 0.0476. The minimum atomic E-state index is -0.660. The van der Waals surface area contributed by atoms with Crippen molar-refractivity contribution in [1.29, 1.82) is 0 Å². The number of primary amides is 1. The third-order valence-corrected chi connectivity index (χ3v) is 4.86. The monoisotopic (exact) mass is 380 g/mol. The second kappa shape index (κ2) is 8.42. The van der Waals surface area contributed by atoms with Gasteiger partial charge < -0.3 is 11.1 Å². The van der Waals surface area contributed by atoms with Crippen molar-refractivity contribution in [3.63, 3.8) is 0 Å². The van der Waals surface area contributed by atoms with E-state index in [1.54, 1.807) is 36.4 Å². The topological polar surface area (TPSA) is 72.2 Å². The standard InChI is InChI=1S/C21H17FN2O2S/c22-18(15-9-5-2-6-10-15)13-19(25)24-21-17(20(23)26)12-16(27-21)11-14-7-3-1-4-8-14/h1-10,12-13H,11H2,(H2,23,26)(H,24,25). The molecule has 0 fully saturated rings. The first-order valence-electron chi connectivity index (χ1n) is 8.23. The van der Waals surface area contributed by atoms with Crippen LogP contribution in [0, 0.1) is 0 Å². The molecule has 1 heterocycles. The molecule has 3 N–H and O–H groups in total. The number of amides is 2. The highest BCUT2D eigenvalue weighted by molar-refractivity contribution is 7.16. The van der Waals surface area contributed by atoms with E-state index >= 15 is 0 Å². The Balaban J connectivity index is 1.79. The van der Waals surface area contributed by atoms with E-state index in [4.69, 9.17) is 5.73 Å². The normalized spacial score (nSPS) is 11.2. The van der Waals surface area contributed by atoms with Crippen LogP contribution in [0.4, 0.5) is 9.39 Å². The van der Waals surface area contributed by atoms with Gasteiger partial charge in [-0.25, -0.2) is 4.39 Å². The van der Waals surface area contributed by atoms with Gasteiger partial charge >= 0.3 is 0 Å². The summed E-state index contributed by atoms with van der Waals surface area (Å²) in [7, 11) is 0. The minimum Gasteiger partial charge on any atom is -0.366 e. The molecular formula is C21H17FN2O2S. The van der Waals surface area contributed by atoms with Crippen molar-refractivity contribution in [2.24, 2.45) is 5.73 Å². The number of halogens is 1. The van der Waals surface area contributed by atoms with Gasteiger partial charge in [0.05, 0.1) is 5.56 Å². The van der Waals surface area contributed by atoms with Crippen molar-refractivity contribution in [1.82, 2.24) is 0 Å². The second-order valence-corrected chi connectivity index (χ2v) is 6.97. The second-order valence-electron chi connectivity index (χ2n) is 5.83. The first-order valence-corrected chi connectivity index (χ1v) is 9.04. The molecule has 0 saturated heterocycles. The summed E-state index contributed by atoms with van der Waals surface area (Å²) in [6.07, 6.45) is 1.46. The highest BCUT2D eigenvalue weighted by atomic mass is 32.1. The molecule has 2 amide bonds. The summed E-state index contributed by atoms with van der Waals surface area (Å²) in [5.74, 6) is -1.96. The Morgan fingerprint density at radius 2 is 1.67 bits per heavy atom. The Kier molecular flexibility index (Phi) is 5.78. The number of hydrogen-bond acceptors (Lipinski definition) is 3. The number of hydrogen-bond donors (Lipinski definition) is 2. The Labute approximate surface area is 160 Å². The molecule has 1 aromatic heterocycles. The molecule has 0 atom stereocenters. The molecule has 0 bridgehead atoms. The van der Waals surface area contributed by atoms with Gasteiger partial charge in [0.2, 0.25) is 0 Å². The highest BCUT2D eigenvalue weighted by Gasteiger charge is 2.16. The molecule has 3 rings (SSSR count). The lowest BCUT2D eigenvalue weighted by Crippen LogP contribution is -2.15. The van der Waals surface area contributed by atoms with Crippen LogP contribution in [0.2, 0.25) is 0 Å². The minimum absolute atomic E-state index is 0.216. The molecule has 0 saturated carbocycles. The van der Waals surface area contributed by atoms with Crippen molar-refractivity contribution < 1.29 is 14.0 Å². The Bertz CT molecular complexity index is 982. The molecule has 0 aliphatic rings. The lowest BCUT2D eigenvalue weighted by Gasteiger charge is -2.02. The maximum atomic E-state index is 14.2. The zero-order chi connectivity index (χ0) is 19.2. The third-order valence-electron chi connectivity index (χ3n) is 3.81. The van der Waals surface area contributed by atoms with Crippen molar-refractivity contribution in [3.05, 3.63) is 94.4 Å². The van der Waals surface area contributed by atoms with Gasteiger partial charge in [0.15, 0.2) is 0 Å². The number of rotatable bonds is 6. The summed E-state index contributed by atoms with van der Waals surface area (Å²) >= 11 is 1.25. The fourth-order valence-electron chi connectivity index (χ4n) is 2.55. The van der Waals surface area contributed by atoms with Crippen molar-refractivity contribution in [3.8, 4) is 0 Å². The molecule has 0 radical (unpaired) electrons. The first-order chi connectivity index (χ1) is 13.0. The number of anilines is 1. The fourth-order valence-corrected chi connectivity index (χ4v) is 3.64. The summed E-state index contributed by atoms with van der Waals surface area (Å²) in [5.41, 5.74) is 7.01. The summed E-state index contributed by atoms with van der Waals surface area (Å²) < 4.78 is 14.2. The molecule has 0 spiro atoms. The highest BCUT2D eigenvalue weighted by Crippen LogP contribution is 2.30. The van der Waals surface area contributed by atoms with Gasteiger partial charge in [-0.15, -0.1) is 11.3 Å². The van der Waals surface area contributed by atoms with Gasteiger partial charge in [-0.3, -0.25) is 9.59 Å². The van der Waals surface area contributed by atoms with Crippen LogP contribution in [0.1, 0.15) is 26.4 Å². The SMILES string of the molecule is NC(=O)c1cc(Cc2ccccc2)sc1NC(=O)C=C(F)c1ccccc1. The predicted molar refractivity (Wildman–Crippen MR) is 106 cm³/mol. The van der Waals surface area contributed by atoms with E-state index in [-0.39, 0.29) is 5.56 Å². The van der Waals surface area contributed by atoms with Gasteiger partial charge in [-0.05, 0) is 11.6 Å². The van der Waals surface area contributed by atoms with Gasteiger partial charge in [0, 0.05) is 22.9 Å². The van der Waals surface area contributed by atoms with E-state index in [1.165, 1.54) is 11.3 Å². The van der Waals surface area contributed by atoms with E-state index in [9.17, 15) is 14.0 Å². The van der Waals surface area contributed by atoms with Crippen LogP contribution in [0.3, 0.4) is 0 Å². The first kappa shape index (κ1) is 18.5. The number of benzene rings is 2. The Hall–Kier alpha value is -3.25. The molecule has 2 aromatic carbocycles. The molecule has 6 heteroatoms. The van der Waals surface area contributed by atoms with Gasteiger partial charge in [0.1, 0.15) is 10.8 Å². The number of nitrogens with two attached hydrogens (primary N) is 1. The van der Waals surface area contributed by atoms with Gasteiger partial charge in [0.25, 0.3) is 11.8 Å². The van der Waals surface area contributed by atoms with Crippen LogP contribution < -0.4 is 11.1 Å². The summed E-state index contributed by atoms with van der Waals surface area (Å²) in [5, 5.41) is 2.88.